The Balaban J connectivity index is 0.000000181. The average Bonchev–Trinajstić information content (AvgIpc) is 3.17. The van der Waals surface area contributed by atoms with E-state index >= 15 is 0 Å². The summed E-state index contributed by atoms with van der Waals surface area (Å²) in [6.07, 6.45) is 0.560. The molecule has 0 atom stereocenters. The fourth-order valence-corrected chi connectivity index (χ4v) is 4.13. The van der Waals surface area contributed by atoms with E-state index in [4.69, 9.17) is 18.6 Å². The summed E-state index contributed by atoms with van der Waals surface area (Å²) in [5, 5.41) is 12.5. The van der Waals surface area contributed by atoms with Crippen LogP contribution in [-0.4, -0.2) is 5.11 Å². The summed E-state index contributed by atoms with van der Waals surface area (Å²) in [5.41, 5.74) is 8.92. The Bertz CT molecular complexity index is 1260. The van der Waals surface area contributed by atoms with Gasteiger partial charge in [0.2, 0.25) is 0 Å². The minimum atomic E-state index is -0.556. The van der Waals surface area contributed by atoms with Crippen LogP contribution in [0, 0.1) is 6.07 Å². The van der Waals surface area contributed by atoms with Gasteiger partial charge in [-0.2, -0.15) is 0 Å². The van der Waals surface area contributed by atoms with Gasteiger partial charge in [-0.15, -0.1) is 35.2 Å². The van der Waals surface area contributed by atoms with Crippen LogP contribution >= 0.6 is 18.6 Å². The van der Waals surface area contributed by atoms with E-state index in [0.717, 1.165) is 17.5 Å². The first-order chi connectivity index (χ1) is 17.0. The van der Waals surface area contributed by atoms with Crippen molar-refractivity contribution >= 4 is 35.0 Å². The van der Waals surface area contributed by atoms with E-state index in [0.29, 0.717) is 0 Å². The standard InChI is InChI=1S/C18H17.C13H12O.2ClH.Ti/c1-12-10-18(14(3)13(12)2)17-9-8-15-6-4-5-7-16(15)11-17;14-13(11-7-3-1-4-8-11)12-9-5-2-6-10-12;;;/h4-9H,10H2,1-3H3;1-10,13-14H;2*1H;/q-1;;;;+2/p-2. The fourth-order valence-electron chi connectivity index (χ4n) is 4.13. The van der Waals surface area contributed by atoms with E-state index in [2.05, 4.69) is 63.2 Å². The van der Waals surface area contributed by atoms with Gasteiger partial charge in [-0.1, -0.05) is 107 Å². The first-order valence-electron chi connectivity index (χ1n) is 11.5. The minimum absolute atomic E-state index is 0.516. The topological polar surface area (TPSA) is 20.2 Å². The first-order valence-corrected chi connectivity index (χ1v) is 15.8. The van der Waals surface area contributed by atoms with Crippen molar-refractivity contribution < 1.29 is 22.1 Å². The average molecular weight is 536 g/mol. The van der Waals surface area contributed by atoms with Gasteiger partial charge in [0.05, 0.1) is 0 Å². The molecule has 0 amide bonds. The third kappa shape index (κ3) is 7.43. The van der Waals surface area contributed by atoms with Crippen molar-refractivity contribution in [1.82, 2.24) is 0 Å². The SMILES string of the molecule is CC1=C(C)C(C)=C(c2[c-]c3ccccc3cc2)C1.OC(c1ccccc1)c1ccccc1.[Cl][Ti][Cl]. The van der Waals surface area contributed by atoms with Gasteiger partial charge in [0.25, 0.3) is 0 Å². The normalized spacial score (nSPS) is 12.8. The Kier molecular flexibility index (Phi) is 10.8. The second-order valence-electron chi connectivity index (χ2n) is 8.44. The van der Waals surface area contributed by atoms with E-state index in [9.17, 15) is 5.11 Å². The Hall–Kier alpha value is -2.13. The molecule has 0 radical (unpaired) electrons. The van der Waals surface area contributed by atoms with Crippen LogP contribution in [0.15, 0.2) is 114 Å². The number of hydrogen-bond acceptors (Lipinski definition) is 1. The van der Waals surface area contributed by atoms with Gasteiger partial charge in [0.1, 0.15) is 6.10 Å². The number of aliphatic hydroxyl groups is 1. The number of benzene rings is 4. The molecule has 1 N–H and O–H groups in total. The molecule has 0 spiro atoms. The maximum atomic E-state index is 9.99. The molecule has 178 valence electrons. The summed E-state index contributed by atoms with van der Waals surface area (Å²) in [7, 11) is 9.78. The van der Waals surface area contributed by atoms with Crippen LogP contribution in [0.1, 0.15) is 50.0 Å². The molecule has 1 nitrogen and oxygen atoms in total. The van der Waals surface area contributed by atoms with Gasteiger partial charge in [-0.05, 0) is 38.3 Å². The molecule has 0 aromatic heterocycles. The van der Waals surface area contributed by atoms with E-state index in [1.165, 1.54) is 38.6 Å². The molecule has 4 heteroatoms. The molecule has 0 aliphatic heterocycles. The summed E-state index contributed by atoms with van der Waals surface area (Å²) in [6.45, 7) is 6.68. The monoisotopic (exact) mass is 535 g/mol. The van der Waals surface area contributed by atoms with Crippen LogP contribution < -0.4 is 0 Å². The molecule has 1 aliphatic carbocycles. The predicted molar refractivity (Wildman–Crippen MR) is 147 cm³/mol. The van der Waals surface area contributed by atoms with Gasteiger partial charge in [0.15, 0.2) is 0 Å². The van der Waals surface area contributed by atoms with Gasteiger partial charge < -0.3 is 5.11 Å². The molecule has 0 bridgehead atoms. The Morgan fingerprint density at radius 3 is 1.74 bits per heavy atom. The molecule has 35 heavy (non-hydrogen) atoms. The summed E-state index contributed by atoms with van der Waals surface area (Å²) in [5.74, 6) is 0. The Labute approximate surface area is 225 Å². The van der Waals surface area contributed by atoms with E-state index in [1.807, 2.05) is 60.7 Å². The molecule has 5 rings (SSSR count). The third-order valence-electron chi connectivity index (χ3n) is 6.31. The van der Waals surface area contributed by atoms with Gasteiger partial charge in [-0.3, -0.25) is 0 Å². The third-order valence-corrected chi connectivity index (χ3v) is 6.31. The Morgan fingerprint density at radius 1 is 0.714 bits per heavy atom. The van der Waals surface area contributed by atoms with Crippen molar-refractivity contribution in [2.24, 2.45) is 0 Å². The second-order valence-corrected chi connectivity index (χ2v) is 11.0. The summed E-state index contributed by atoms with van der Waals surface area (Å²) in [6, 6.07) is 35.7. The molecule has 0 saturated carbocycles. The van der Waals surface area contributed by atoms with Crippen molar-refractivity contribution in [3.8, 4) is 0 Å². The molecule has 1 aliphatic rings. The molecular formula is C31H29Cl2OTi-. The molecule has 0 fully saturated rings. The number of halogens is 2. The number of fused-ring (bicyclic) bond motifs is 1. The van der Waals surface area contributed by atoms with Crippen LogP contribution in [0.2, 0.25) is 0 Å². The Morgan fingerprint density at radius 2 is 1.23 bits per heavy atom. The molecule has 0 heterocycles. The van der Waals surface area contributed by atoms with Crippen LogP contribution in [0.3, 0.4) is 0 Å². The van der Waals surface area contributed by atoms with Crippen molar-refractivity contribution in [3.05, 3.63) is 137 Å². The van der Waals surface area contributed by atoms with Crippen molar-refractivity contribution in [2.75, 3.05) is 0 Å². The van der Waals surface area contributed by atoms with Crippen LogP contribution in [0.5, 0.6) is 0 Å². The zero-order valence-electron chi connectivity index (χ0n) is 20.2. The fraction of sp³-hybridized carbons (Fsp3) is 0.161. The zero-order valence-corrected chi connectivity index (χ0v) is 23.3. The summed E-state index contributed by atoms with van der Waals surface area (Å²) < 4.78 is 0. The first kappa shape index (κ1) is 27.5. The van der Waals surface area contributed by atoms with E-state index in [1.54, 1.807) is 0 Å². The summed E-state index contributed by atoms with van der Waals surface area (Å²) in [4.78, 5) is 0. The second kappa shape index (κ2) is 13.8. The van der Waals surface area contributed by atoms with Gasteiger partial charge in [0, 0.05) is 0 Å². The molecular weight excluding hydrogens is 507 g/mol. The quantitative estimate of drug-likeness (QED) is 0.204. The predicted octanol–water partition coefficient (Wildman–Crippen LogP) is 9.30. The maximum absolute atomic E-state index is 9.99. The van der Waals surface area contributed by atoms with Gasteiger partial charge >= 0.3 is 35.6 Å². The number of hydrogen-bond donors (Lipinski definition) is 1. The molecule has 4 aromatic rings. The number of rotatable bonds is 3. The zero-order chi connectivity index (χ0) is 25.2. The van der Waals surface area contributed by atoms with Gasteiger partial charge in [-0.25, -0.2) is 0 Å². The summed E-state index contributed by atoms with van der Waals surface area (Å²) >= 11 is -0.556. The van der Waals surface area contributed by atoms with Crippen molar-refractivity contribution in [2.45, 2.75) is 33.3 Å². The van der Waals surface area contributed by atoms with Crippen LogP contribution in [0.4, 0.5) is 0 Å². The van der Waals surface area contributed by atoms with E-state index < -0.39 is 23.1 Å². The van der Waals surface area contributed by atoms with Crippen LogP contribution in [-0.2, 0) is 17.0 Å². The van der Waals surface area contributed by atoms with E-state index in [-0.39, 0.29) is 0 Å². The molecule has 0 saturated heterocycles. The van der Waals surface area contributed by atoms with Crippen LogP contribution in [0.25, 0.3) is 16.3 Å². The molecule has 4 aromatic carbocycles. The van der Waals surface area contributed by atoms with Crippen molar-refractivity contribution in [3.63, 3.8) is 0 Å². The number of aliphatic hydroxyl groups excluding tert-OH is 1. The molecule has 0 unspecified atom stereocenters. The van der Waals surface area contributed by atoms with Crippen molar-refractivity contribution in [1.29, 1.82) is 0 Å². The number of allylic oxidation sites excluding steroid dienone is 4.